The predicted molar refractivity (Wildman–Crippen MR) is 133 cm³/mol. The summed E-state index contributed by atoms with van der Waals surface area (Å²) in [7, 11) is 1.86. The van der Waals surface area contributed by atoms with Gasteiger partial charge in [-0.2, -0.15) is 0 Å². The Balaban J connectivity index is 1.19. The fourth-order valence-electron chi connectivity index (χ4n) is 2.87. The monoisotopic (exact) mass is 495 g/mol. The fourth-order valence-corrected chi connectivity index (χ4v) is 4.46. The van der Waals surface area contributed by atoms with Crippen molar-refractivity contribution in [3.05, 3.63) is 66.5 Å². The van der Waals surface area contributed by atoms with Gasteiger partial charge in [-0.3, -0.25) is 25.2 Å². The second kappa shape index (κ2) is 10.8. The molecule has 2 aromatic carbocycles. The number of aryl methyl sites for hydroxylation is 1. The lowest BCUT2D eigenvalue weighted by atomic mass is 10.2. The normalized spacial score (nSPS) is 10.6. The van der Waals surface area contributed by atoms with Crippen molar-refractivity contribution in [3.8, 4) is 0 Å². The standard InChI is InChI=1S/C22H21N7O3S2/c1-29-11-10-23-22(29)33-13-19(31)25-15-8-6-14(7-9-15)20(32)28-27-18(30)12-24-21-26-16-4-2-3-5-17(16)34-21/h2-11H,12-13H2,1H3,(H,24,26)(H,25,31)(H,27,30)(H,28,32). The zero-order valence-corrected chi connectivity index (χ0v) is 19.7. The number of imidazole rings is 1. The van der Waals surface area contributed by atoms with Crippen LogP contribution in [0, 0.1) is 0 Å². The van der Waals surface area contributed by atoms with Gasteiger partial charge in [0.1, 0.15) is 0 Å². The molecule has 34 heavy (non-hydrogen) atoms. The van der Waals surface area contributed by atoms with Gasteiger partial charge in [-0.25, -0.2) is 9.97 Å². The average molecular weight is 496 g/mol. The third-order valence-corrected chi connectivity index (χ3v) is 6.60. The van der Waals surface area contributed by atoms with Crippen molar-refractivity contribution in [2.24, 2.45) is 7.05 Å². The Labute approximate surface area is 203 Å². The summed E-state index contributed by atoms with van der Waals surface area (Å²) in [5.74, 6) is -0.860. The Morgan fingerprint density at radius 1 is 1.03 bits per heavy atom. The molecule has 3 amide bonds. The Hall–Kier alpha value is -3.90. The molecule has 0 bridgehead atoms. The van der Waals surface area contributed by atoms with Gasteiger partial charge in [0.25, 0.3) is 11.8 Å². The molecule has 0 aliphatic carbocycles. The Kier molecular flexibility index (Phi) is 7.40. The SMILES string of the molecule is Cn1ccnc1SCC(=O)Nc1ccc(C(=O)NNC(=O)CNc2nc3ccccc3s2)cc1. The number of anilines is 2. The van der Waals surface area contributed by atoms with E-state index in [0.29, 0.717) is 16.4 Å². The minimum Gasteiger partial charge on any atom is -0.352 e. The molecule has 10 nitrogen and oxygen atoms in total. The van der Waals surface area contributed by atoms with Crippen LogP contribution in [0.15, 0.2) is 66.1 Å². The molecular weight excluding hydrogens is 474 g/mol. The van der Waals surface area contributed by atoms with Crippen LogP contribution in [0.1, 0.15) is 10.4 Å². The summed E-state index contributed by atoms with van der Waals surface area (Å²) in [5.41, 5.74) is 6.48. The molecule has 174 valence electrons. The number of carbonyl (C=O) groups is 3. The molecule has 0 aliphatic heterocycles. The van der Waals surface area contributed by atoms with Crippen molar-refractivity contribution in [1.82, 2.24) is 25.4 Å². The van der Waals surface area contributed by atoms with Gasteiger partial charge in [-0.1, -0.05) is 35.2 Å². The molecule has 0 unspecified atom stereocenters. The molecule has 4 N–H and O–H groups in total. The number of amides is 3. The van der Waals surface area contributed by atoms with E-state index in [-0.39, 0.29) is 18.2 Å². The largest absolute Gasteiger partial charge is 0.352 e. The number of hydrazine groups is 1. The van der Waals surface area contributed by atoms with Crippen LogP contribution in [0.5, 0.6) is 0 Å². The first-order chi connectivity index (χ1) is 16.5. The quantitative estimate of drug-likeness (QED) is 0.218. The number of aromatic nitrogens is 3. The molecule has 0 aliphatic rings. The number of benzene rings is 2. The number of thiazole rings is 1. The lowest BCUT2D eigenvalue weighted by molar-refractivity contribution is -0.120. The van der Waals surface area contributed by atoms with Gasteiger partial charge >= 0.3 is 0 Å². The summed E-state index contributed by atoms with van der Waals surface area (Å²) in [6.07, 6.45) is 3.48. The number of carbonyl (C=O) groups excluding carboxylic acids is 3. The predicted octanol–water partition coefficient (Wildman–Crippen LogP) is 2.63. The summed E-state index contributed by atoms with van der Waals surface area (Å²) < 4.78 is 2.85. The number of rotatable bonds is 8. The van der Waals surface area contributed by atoms with Crippen LogP contribution in [0.25, 0.3) is 10.2 Å². The van der Waals surface area contributed by atoms with E-state index >= 15 is 0 Å². The zero-order chi connectivity index (χ0) is 23.9. The third kappa shape index (κ3) is 6.11. The smallest absolute Gasteiger partial charge is 0.269 e. The highest BCUT2D eigenvalue weighted by Gasteiger charge is 2.10. The van der Waals surface area contributed by atoms with Crippen molar-refractivity contribution in [2.45, 2.75) is 5.16 Å². The molecule has 4 rings (SSSR count). The van der Waals surface area contributed by atoms with E-state index in [1.807, 2.05) is 42.1 Å². The second-order valence-corrected chi connectivity index (χ2v) is 9.05. The summed E-state index contributed by atoms with van der Waals surface area (Å²) >= 11 is 2.77. The van der Waals surface area contributed by atoms with Crippen molar-refractivity contribution < 1.29 is 14.4 Å². The highest BCUT2D eigenvalue weighted by Crippen LogP contribution is 2.25. The van der Waals surface area contributed by atoms with Crippen LogP contribution in [0.4, 0.5) is 10.8 Å². The van der Waals surface area contributed by atoms with Gasteiger partial charge in [0.2, 0.25) is 5.91 Å². The number of hydrogen-bond donors (Lipinski definition) is 4. The highest BCUT2D eigenvalue weighted by atomic mass is 32.2. The fraction of sp³-hybridized carbons (Fsp3) is 0.136. The maximum atomic E-state index is 12.3. The Morgan fingerprint density at radius 3 is 2.56 bits per heavy atom. The van der Waals surface area contributed by atoms with E-state index in [1.165, 1.54) is 23.1 Å². The minimum absolute atomic E-state index is 0.0403. The number of fused-ring (bicyclic) bond motifs is 1. The molecule has 0 fully saturated rings. The Bertz CT molecular complexity index is 1280. The van der Waals surface area contributed by atoms with E-state index in [1.54, 1.807) is 30.5 Å². The van der Waals surface area contributed by atoms with Crippen molar-refractivity contribution >= 4 is 61.9 Å². The summed E-state index contributed by atoms with van der Waals surface area (Å²) in [5, 5.41) is 7.09. The molecule has 0 atom stereocenters. The number of nitrogens with one attached hydrogen (secondary N) is 4. The van der Waals surface area contributed by atoms with Crippen LogP contribution >= 0.6 is 23.1 Å². The topological polar surface area (TPSA) is 130 Å². The highest BCUT2D eigenvalue weighted by molar-refractivity contribution is 7.99. The molecule has 12 heteroatoms. The Morgan fingerprint density at radius 2 is 1.82 bits per heavy atom. The lowest BCUT2D eigenvalue weighted by Gasteiger charge is -2.09. The van der Waals surface area contributed by atoms with Crippen LogP contribution < -0.4 is 21.5 Å². The van der Waals surface area contributed by atoms with Crippen molar-refractivity contribution in [3.63, 3.8) is 0 Å². The number of nitrogens with zero attached hydrogens (tertiary/aromatic N) is 3. The number of para-hydroxylation sites is 1. The third-order valence-electron chi connectivity index (χ3n) is 4.55. The van der Waals surface area contributed by atoms with Crippen LogP contribution in [0.3, 0.4) is 0 Å². The minimum atomic E-state index is -0.475. The van der Waals surface area contributed by atoms with Crippen molar-refractivity contribution in [1.29, 1.82) is 0 Å². The van der Waals surface area contributed by atoms with E-state index in [9.17, 15) is 14.4 Å². The van der Waals surface area contributed by atoms with Gasteiger partial charge in [0, 0.05) is 30.7 Å². The molecule has 0 saturated heterocycles. The van der Waals surface area contributed by atoms with Gasteiger partial charge in [0.05, 0.1) is 22.5 Å². The summed E-state index contributed by atoms with van der Waals surface area (Å²) in [6.45, 7) is -0.0403. The molecule has 0 saturated carbocycles. The first-order valence-electron chi connectivity index (χ1n) is 10.2. The van der Waals surface area contributed by atoms with E-state index in [4.69, 9.17) is 0 Å². The van der Waals surface area contributed by atoms with Gasteiger partial charge in [-0.15, -0.1) is 0 Å². The maximum absolute atomic E-state index is 12.3. The van der Waals surface area contributed by atoms with Gasteiger partial charge in [-0.05, 0) is 36.4 Å². The first kappa shape index (κ1) is 23.3. The second-order valence-electron chi connectivity index (χ2n) is 7.08. The first-order valence-corrected chi connectivity index (χ1v) is 12.0. The number of hydrogen-bond acceptors (Lipinski definition) is 8. The van der Waals surface area contributed by atoms with Crippen LogP contribution in [-0.2, 0) is 16.6 Å². The molecule has 0 radical (unpaired) electrons. The molecular formula is C22H21N7O3S2. The molecule has 2 heterocycles. The van der Waals surface area contributed by atoms with Crippen molar-refractivity contribution in [2.75, 3.05) is 22.9 Å². The van der Waals surface area contributed by atoms with Crippen LogP contribution in [-0.4, -0.2) is 44.6 Å². The molecule has 0 spiro atoms. The van der Waals surface area contributed by atoms with Gasteiger partial charge in [0.15, 0.2) is 10.3 Å². The number of thioether (sulfide) groups is 1. The molecule has 4 aromatic rings. The average Bonchev–Trinajstić information content (AvgIpc) is 3.45. The van der Waals surface area contributed by atoms with Crippen LogP contribution in [0.2, 0.25) is 0 Å². The summed E-state index contributed by atoms with van der Waals surface area (Å²) in [4.78, 5) is 45.0. The zero-order valence-electron chi connectivity index (χ0n) is 18.1. The summed E-state index contributed by atoms with van der Waals surface area (Å²) in [6, 6.07) is 14.0. The van der Waals surface area contributed by atoms with E-state index in [2.05, 4.69) is 31.5 Å². The van der Waals surface area contributed by atoms with Gasteiger partial charge < -0.3 is 15.2 Å². The molecule has 2 aromatic heterocycles. The van der Waals surface area contributed by atoms with E-state index < -0.39 is 11.8 Å². The van der Waals surface area contributed by atoms with E-state index in [0.717, 1.165) is 15.4 Å². The maximum Gasteiger partial charge on any atom is 0.269 e. The lowest BCUT2D eigenvalue weighted by Crippen LogP contribution is -2.44.